The highest BCUT2D eigenvalue weighted by Crippen LogP contribution is 2.37. The zero-order chi connectivity index (χ0) is 20.0. The summed E-state index contributed by atoms with van der Waals surface area (Å²) >= 11 is 0. The first kappa shape index (κ1) is 18.3. The maximum absolute atomic E-state index is 12.6. The van der Waals surface area contributed by atoms with Crippen LogP contribution in [0.1, 0.15) is 45.5 Å². The molecule has 0 radical (unpaired) electrons. The summed E-state index contributed by atoms with van der Waals surface area (Å²) in [6.07, 6.45) is 2.58. The van der Waals surface area contributed by atoms with E-state index < -0.39 is 0 Å². The third-order valence-electron chi connectivity index (χ3n) is 5.32. The number of carbonyl (C=O) groups excluding carboxylic acids is 1. The molecule has 2 aromatic heterocycles. The summed E-state index contributed by atoms with van der Waals surface area (Å²) in [6.45, 7) is 6.68. The van der Waals surface area contributed by atoms with E-state index in [1.807, 2.05) is 30.4 Å². The van der Waals surface area contributed by atoms with E-state index in [1.165, 1.54) is 10.5 Å². The molecule has 1 aliphatic heterocycles. The number of aromatic nitrogens is 3. The van der Waals surface area contributed by atoms with Crippen LogP contribution in [0.4, 0.5) is 5.82 Å². The van der Waals surface area contributed by atoms with Gasteiger partial charge >= 0.3 is 0 Å². The minimum atomic E-state index is -0.140. The number of rotatable bonds is 3. The van der Waals surface area contributed by atoms with Crippen molar-refractivity contribution in [2.24, 2.45) is 0 Å². The van der Waals surface area contributed by atoms with Gasteiger partial charge in [0.1, 0.15) is 11.4 Å². The van der Waals surface area contributed by atoms with Crippen molar-refractivity contribution in [3.63, 3.8) is 0 Å². The minimum Gasteiger partial charge on any atom is -0.493 e. The van der Waals surface area contributed by atoms with E-state index in [-0.39, 0.29) is 11.9 Å². The standard InChI is InChI=1S/C21H25N5O2/c1-12-7-6-8-17-18(12)15(9-10-28-17)23-19-20-22-13(2)14(3)26(20)11-16(24-19)21(27)25(4)5/h6-8,11,15H,9-10H2,1-5H3,(H,23,24). The average molecular weight is 379 g/mol. The SMILES string of the molecule is Cc1cccc2c1C(Nc1nc(C(=O)N(C)C)cn3c(C)c(C)nc13)CCO2. The van der Waals surface area contributed by atoms with Gasteiger partial charge in [0.2, 0.25) is 0 Å². The number of nitrogens with zero attached hydrogens (tertiary/aromatic N) is 4. The Morgan fingerprint density at radius 1 is 1.25 bits per heavy atom. The number of anilines is 1. The largest absolute Gasteiger partial charge is 0.493 e. The smallest absolute Gasteiger partial charge is 0.273 e. The molecular formula is C21H25N5O2. The first-order chi connectivity index (χ1) is 13.4. The van der Waals surface area contributed by atoms with Crippen LogP contribution in [0.5, 0.6) is 5.75 Å². The Morgan fingerprint density at radius 3 is 2.79 bits per heavy atom. The van der Waals surface area contributed by atoms with Crippen molar-refractivity contribution in [1.29, 1.82) is 0 Å². The van der Waals surface area contributed by atoms with Gasteiger partial charge in [0, 0.05) is 38.0 Å². The van der Waals surface area contributed by atoms with E-state index in [2.05, 4.69) is 28.3 Å². The Bertz CT molecular complexity index is 1070. The fraction of sp³-hybridized carbons (Fsp3) is 0.381. The van der Waals surface area contributed by atoms with Crippen molar-refractivity contribution in [3.05, 3.63) is 52.6 Å². The zero-order valence-corrected chi connectivity index (χ0v) is 16.9. The molecule has 1 unspecified atom stereocenters. The second kappa shape index (κ2) is 6.82. The number of imidazole rings is 1. The lowest BCUT2D eigenvalue weighted by Gasteiger charge is -2.28. The zero-order valence-electron chi connectivity index (χ0n) is 16.9. The van der Waals surface area contributed by atoms with Crippen LogP contribution in [0.3, 0.4) is 0 Å². The molecule has 0 bridgehead atoms. The quantitative estimate of drug-likeness (QED) is 0.756. The Balaban J connectivity index is 1.83. The van der Waals surface area contributed by atoms with E-state index in [4.69, 9.17) is 4.74 Å². The molecule has 3 aromatic rings. The van der Waals surface area contributed by atoms with Crippen molar-refractivity contribution >= 4 is 17.4 Å². The number of hydrogen-bond donors (Lipinski definition) is 1. The highest BCUT2D eigenvalue weighted by Gasteiger charge is 2.26. The molecule has 0 aliphatic carbocycles. The van der Waals surface area contributed by atoms with Gasteiger partial charge in [0.15, 0.2) is 11.5 Å². The van der Waals surface area contributed by atoms with Gasteiger partial charge in [-0.2, -0.15) is 0 Å². The van der Waals surface area contributed by atoms with Gasteiger partial charge in [-0.05, 0) is 32.4 Å². The molecule has 1 atom stereocenters. The Kier molecular flexibility index (Phi) is 4.45. The summed E-state index contributed by atoms with van der Waals surface area (Å²) in [5, 5.41) is 3.55. The van der Waals surface area contributed by atoms with Gasteiger partial charge in [0.05, 0.1) is 18.3 Å². The average Bonchev–Trinajstić information content (AvgIpc) is 2.96. The molecule has 0 saturated carbocycles. The monoisotopic (exact) mass is 379 g/mol. The summed E-state index contributed by atoms with van der Waals surface area (Å²) in [6, 6.07) is 6.13. The van der Waals surface area contributed by atoms with Gasteiger partial charge in [-0.3, -0.25) is 9.20 Å². The highest BCUT2D eigenvalue weighted by molar-refractivity contribution is 5.92. The van der Waals surface area contributed by atoms with Gasteiger partial charge in [0.25, 0.3) is 5.91 Å². The summed E-state index contributed by atoms with van der Waals surface area (Å²) in [5.74, 6) is 1.38. The van der Waals surface area contributed by atoms with E-state index in [0.29, 0.717) is 18.1 Å². The number of nitrogens with one attached hydrogen (secondary N) is 1. The van der Waals surface area contributed by atoms with Crippen LogP contribution in [0.2, 0.25) is 0 Å². The molecule has 1 N–H and O–H groups in total. The molecule has 146 valence electrons. The molecule has 1 aromatic carbocycles. The first-order valence-corrected chi connectivity index (χ1v) is 9.43. The normalized spacial score (nSPS) is 15.8. The minimum absolute atomic E-state index is 0.0447. The lowest BCUT2D eigenvalue weighted by Crippen LogP contribution is -2.25. The van der Waals surface area contributed by atoms with Crippen LogP contribution in [0.25, 0.3) is 5.65 Å². The molecular weight excluding hydrogens is 354 g/mol. The molecule has 7 heteroatoms. The summed E-state index contributed by atoms with van der Waals surface area (Å²) in [5.41, 5.74) is 5.34. The third kappa shape index (κ3) is 2.96. The fourth-order valence-electron chi connectivity index (χ4n) is 3.67. The maximum Gasteiger partial charge on any atom is 0.273 e. The van der Waals surface area contributed by atoms with Gasteiger partial charge in [-0.15, -0.1) is 0 Å². The number of amides is 1. The predicted octanol–water partition coefficient (Wildman–Crippen LogP) is 3.29. The molecule has 3 heterocycles. The van der Waals surface area contributed by atoms with Crippen LogP contribution in [-0.2, 0) is 0 Å². The van der Waals surface area contributed by atoms with Crippen LogP contribution in [0, 0.1) is 20.8 Å². The van der Waals surface area contributed by atoms with Gasteiger partial charge in [-0.25, -0.2) is 9.97 Å². The van der Waals surface area contributed by atoms with Crippen molar-refractivity contribution in [1.82, 2.24) is 19.3 Å². The summed E-state index contributed by atoms with van der Waals surface area (Å²) < 4.78 is 7.78. The number of ether oxygens (including phenoxy) is 1. The van der Waals surface area contributed by atoms with E-state index in [0.717, 1.165) is 34.8 Å². The van der Waals surface area contributed by atoms with E-state index >= 15 is 0 Å². The number of carbonyl (C=O) groups is 1. The summed E-state index contributed by atoms with van der Waals surface area (Å²) in [7, 11) is 3.46. The van der Waals surface area contributed by atoms with Crippen molar-refractivity contribution < 1.29 is 9.53 Å². The van der Waals surface area contributed by atoms with Crippen LogP contribution >= 0.6 is 0 Å². The molecule has 4 rings (SSSR count). The van der Waals surface area contributed by atoms with E-state index in [9.17, 15) is 4.79 Å². The molecule has 0 spiro atoms. The fourth-order valence-corrected chi connectivity index (χ4v) is 3.67. The summed E-state index contributed by atoms with van der Waals surface area (Å²) in [4.78, 5) is 23.4. The van der Waals surface area contributed by atoms with Crippen LogP contribution in [-0.4, -0.2) is 45.9 Å². The van der Waals surface area contributed by atoms with Crippen molar-refractivity contribution in [2.75, 3.05) is 26.0 Å². The second-order valence-electron chi connectivity index (χ2n) is 7.47. The first-order valence-electron chi connectivity index (χ1n) is 9.43. The third-order valence-corrected chi connectivity index (χ3v) is 5.32. The molecule has 0 fully saturated rings. The topological polar surface area (TPSA) is 71.8 Å². The predicted molar refractivity (Wildman–Crippen MR) is 108 cm³/mol. The Morgan fingerprint density at radius 2 is 2.04 bits per heavy atom. The molecule has 1 aliphatic rings. The van der Waals surface area contributed by atoms with Gasteiger partial charge < -0.3 is 15.0 Å². The second-order valence-corrected chi connectivity index (χ2v) is 7.47. The molecule has 0 saturated heterocycles. The maximum atomic E-state index is 12.6. The number of hydrogen-bond acceptors (Lipinski definition) is 5. The molecule has 7 nitrogen and oxygen atoms in total. The lowest BCUT2D eigenvalue weighted by molar-refractivity contribution is 0.0821. The Hall–Kier alpha value is -3.09. The lowest BCUT2D eigenvalue weighted by atomic mass is 9.96. The van der Waals surface area contributed by atoms with Crippen LogP contribution in [0.15, 0.2) is 24.4 Å². The number of aryl methyl sites for hydroxylation is 3. The number of benzene rings is 1. The van der Waals surface area contributed by atoms with Crippen molar-refractivity contribution in [3.8, 4) is 5.75 Å². The Labute approximate surface area is 164 Å². The van der Waals surface area contributed by atoms with Crippen LogP contribution < -0.4 is 10.1 Å². The highest BCUT2D eigenvalue weighted by atomic mass is 16.5. The number of fused-ring (bicyclic) bond motifs is 2. The van der Waals surface area contributed by atoms with Gasteiger partial charge in [-0.1, -0.05) is 12.1 Å². The van der Waals surface area contributed by atoms with E-state index in [1.54, 1.807) is 20.3 Å². The van der Waals surface area contributed by atoms with Crippen molar-refractivity contribution in [2.45, 2.75) is 33.2 Å². The molecule has 28 heavy (non-hydrogen) atoms. The molecule has 1 amide bonds.